The molecule has 11 aromatic carbocycles. The Morgan fingerprint density at radius 2 is 0.603 bits per heavy atom. The first kappa shape index (κ1) is 40.0. The van der Waals surface area contributed by atoms with E-state index < -0.39 is 8.07 Å². The smallest absolute Gasteiger partial charge is 0.179 e. The number of nitrogens with zero attached hydrogens (tertiary/aromatic N) is 3. The first-order valence-electron chi connectivity index (χ1n) is 23.1. The van der Waals surface area contributed by atoms with Gasteiger partial charge in [0.15, 0.2) is 25.5 Å². The first-order valence-corrected chi connectivity index (χ1v) is 25.9. The van der Waals surface area contributed by atoms with E-state index >= 15 is 0 Å². The summed E-state index contributed by atoms with van der Waals surface area (Å²) in [5.74, 6) is 1.95. The molecule has 0 saturated heterocycles. The lowest BCUT2D eigenvalue weighted by atomic mass is 9.91. The molecule has 5 heteroatoms. The molecule has 13 aromatic rings. The lowest BCUT2D eigenvalue weighted by Gasteiger charge is -2.34. The van der Waals surface area contributed by atoms with Crippen molar-refractivity contribution >= 4 is 92.6 Å². The highest BCUT2D eigenvalue weighted by atomic mass is 32.1. The SMILES string of the molecule is c1ccc(-c2nc(-c3ccc4c(c3)sc3ccccc34)nc(-c3ccc4c5ccccc5c5cc(-c6ccc([Si](c7ccccc7)(c7ccccc7)c7ccccc7)cc6)ccc5c4c3)n2)cc1. The Labute approximate surface area is 399 Å². The third-order valence-corrected chi connectivity index (χ3v) is 19.6. The Balaban J connectivity index is 0.947. The van der Waals surface area contributed by atoms with Crippen LogP contribution in [0.25, 0.3) is 97.8 Å². The third-order valence-electron chi connectivity index (χ3n) is 13.7. The molecule has 318 valence electrons. The van der Waals surface area contributed by atoms with Gasteiger partial charge in [-0.2, -0.15) is 0 Å². The van der Waals surface area contributed by atoms with Crippen molar-refractivity contribution in [1.82, 2.24) is 15.0 Å². The molecule has 0 aliphatic carbocycles. The summed E-state index contributed by atoms with van der Waals surface area (Å²) in [6.07, 6.45) is 0. The van der Waals surface area contributed by atoms with Crippen molar-refractivity contribution in [2.24, 2.45) is 0 Å². The third kappa shape index (κ3) is 6.66. The van der Waals surface area contributed by atoms with Crippen LogP contribution in [0, 0.1) is 0 Å². The Kier molecular flexibility index (Phi) is 9.70. The van der Waals surface area contributed by atoms with Crippen molar-refractivity contribution in [3.8, 4) is 45.3 Å². The summed E-state index contributed by atoms with van der Waals surface area (Å²) in [5.41, 5.74) is 5.23. The molecular formula is C63H41N3SSi. The maximum Gasteiger partial charge on any atom is 0.179 e. The van der Waals surface area contributed by atoms with Gasteiger partial charge in [-0.25, -0.2) is 15.0 Å². The van der Waals surface area contributed by atoms with Gasteiger partial charge >= 0.3 is 0 Å². The van der Waals surface area contributed by atoms with Crippen molar-refractivity contribution in [1.29, 1.82) is 0 Å². The van der Waals surface area contributed by atoms with Gasteiger partial charge in [0, 0.05) is 36.9 Å². The van der Waals surface area contributed by atoms with Gasteiger partial charge in [0.1, 0.15) is 0 Å². The summed E-state index contributed by atoms with van der Waals surface area (Å²) in [5, 5.41) is 15.2. The van der Waals surface area contributed by atoms with Crippen LogP contribution >= 0.6 is 11.3 Å². The largest absolute Gasteiger partial charge is 0.208 e. The zero-order chi connectivity index (χ0) is 45.0. The van der Waals surface area contributed by atoms with Crippen LogP contribution in [0.15, 0.2) is 249 Å². The van der Waals surface area contributed by atoms with Crippen molar-refractivity contribution in [2.45, 2.75) is 0 Å². The van der Waals surface area contributed by atoms with E-state index in [9.17, 15) is 0 Å². The topological polar surface area (TPSA) is 38.7 Å². The Morgan fingerprint density at radius 3 is 1.19 bits per heavy atom. The normalized spacial score (nSPS) is 11.8. The zero-order valence-corrected chi connectivity index (χ0v) is 38.7. The Bertz CT molecular complexity index is 3910. The molecule has 0 aliphatic heterocycles. The van der Waals surface area contributed by atoms with E-state index in [1.54, 1.807) is 11.3 Å². The average molecular weight is 900 g/mol. The summed E-state index contributed by atoms with van der Waals surface area (Å²) in [4.78, 5) is 15.5. The molecule has 68 heavy (non-hydrogen) atoms. The van der Waals surface area contributed by atoms with E-state index in [0.717, 1.165) is 22.1 Å². The summed E-state index contributed by atoms with van der Waals surface area (Å²) < 4.78 is 2.49. The Morgan fingerprint density at radius 1 is 0.235 bits per heavy atom. The molecule has 0 spiro atoms. The first-order chi connectivity index (χ1) is 33.7. The molecule has 0 unspecified atom stereocenters. The molecule has 0 amide bonds. The molecule has 2 aromatic heterocycles. The molecular weight excluding hydrogens is 859 g/mol. The van der Waals surface area contributed by atoms with Crippen LogP contribution < -0.4 is 20.7 Å². The van der Waals surface area contributed by atoms with Crippen LogP contribution in [0.2, 0.25) is 0 Å². The van der Waals surface area contributed by atoms with Crippen molar-refractivity contribution in [3.63, 3.8) is 0 Å². The molecule has 0 saturated carbocycles. The lowest BCUT2D eigenvalue weighted by molar-refractivity contribution is 1.08. The summed E-state index contributed by atoms with van der Waals surface area (Å²) >= 11 is 1.80. The van der Waals surface area contributed by atoms with E-state index in [1.165, 1.54) is 79.0 Å². The van der Waals surface area contributed by atoms with Gasteiger partial charge in [0.25, 0.3) is 0 Å². The second-order valence-electron chi connectivity index (χ2n) is 17.5. The molecule has 0 aliphatic rings. The summed E-state index contributed by atoms with van der Waals surface area (Å²) in [6, 6.07) is 90.7. The number of fused-ring (bicyclic) bond motifs is 9. The number of hydrogen-bond donors (Lipinski definition) is 0. The quantitative estimate of drug-likeness (QED) is 0.0866. The van der Waals surface area contributed by atoms with E-state index in [1.807, 2.05) is 18.2 Å². The summed E-state index contributed by atoms with van der Waals surface area (Å²) in [6.45, 7) is 0. The second-order valence-corrected chi connectivity index (χ2v) is 22.4. The molecule has 0 fully saturated rings. The van der Waals surface area contributed by atoms with Gasteiger partial charge in [-0.3, -0.25) is 0 Å². The maximum atomic E-state index is 5.23. The minimum absolute atomic E-state index is 0.645. The molecule has 0 N–H and O–H groups in total. The van der Waals surface area contributed by atoms with Crippen LogP contribution in [0.1, 0.15) is 0 Å². The van der Waals surface area contributed by atoms with Crippen LogP contribution in [-0.4, -0.2) is 23.0 Å². The van der Waals surface area contributed by atoms with Gasteiger partial charge in [0.2, 0.25) is 0 Å². The minimum Gasteiger partial charge on any atom is -0.208 e. The molecule has 0 atom stereocenters. The average Bonchev–Trinajstić information content (AvgIpc) is 3.80. The van der Waals surface area contributed by atoms with Gasteiger partial charge in [0.05, 0.1) is 0 Å². The number of thiophene rings is 1. The maximum absolute atomic E-state index is 5.23. The van der Waals surface area contributed by atoms with Crippen LogP contribution in [0.5, 0.6) is 0 Å². The number of hydrogen-bond acceptors (Lipinski definition) is 4. The van der Waals surface area contributed by atoms with Crippen molar-refractivity contribution < 1.29 is 0 Å². The van der Waals surface area contributed by atoms with E-state index in [4.69, 9.17) is 15.0 Å². The molecule has 0 bridgehead atoms. The van der Waals surface area contributed by atoms with E-state index in [0.29, 0.717) is 17.5 Å². The van der Waals surface area contributed by atoms with Gasteiger partial charge in [-0.15, -0.1) is 11.3 Å². The predicted molar refractivity (Wildman–Crippen MR) is 291 cm³/mol. The molecule has 13 rings (SSSR count). The van der Waals surface area contributed by atoms with Crippen molar-refractivity contribution in [2.75, 3.05) is 0 Å². The standard InChI is InChI=1S/C63H41N3SSi/c1-5-17-43(18-6-1)61-64-62(66-63(65-61)46-33-38-56-55-27-15-16-28-59(55)67-60(56)41-46)45-32-37-53-51-25-13-14-26-52(51)57-39-44(31-36-54(57)58(53)40-45)42-29-34-50(35-30-42)68(47-19-7-2-8-20-47,48-21-9-3-10-22-48)49-23-11-4-12-24-49/h1-41H. The highest BCUT2D eigenvalue weighted by molar-refractivity contribution is 7.25. The molecule has 2 heterocycles. The summed E-state index contributed by atoms with van der Waals surface area (Å²) in [7, 11) is -2.65. The second kappa shape index (κ2) is 16.5. The molecule has 0 radical (unpaired) electrons. The number of benzene rings is 11. The van der Waals surface area contributed by atoms with Gasteiger partial charge < -0.3 is 0 Å². The monoisotopic (exact) mass is 899 g/mol. The van der Waals surface area contributed by atoms with Crippen LogP contribution in [0.3, 0.4) is 0 Å². The number of aromatic nitrogens is 3. The van der Waals surface area contributed by atoms with Gasteiger partial charge in [-0.05, 0) is 88.5 Å². The molecule has 3 nitrogen and oxygen atoms in total. The van der Waals surface area contributed by atoms with E-state index in [2.05, 4.69) is 231 Å². The predicted octanol–water partition coefficient (Wildman–Crippen LogP) is 13.7. The highest BCUT2D eigenvalue weighted by Crippen LogP contribution is 2.40. The minimum atomic E-state index is -2.65. The fraction of sp³-hybridized carbons (Fsp3) is 0. The Hall–Kier alpha value is -8.35. The van der Waals surface area contributed by atoms with Gasteiger partial charge in [-0.1, -0.05) is 224 Å². The lowest BCUT2D eigenvalue weighted by Crippen LogP contribution is -2.74. The fourth-order valence-electron chi connectivity index (χ4n) is 10.5. The fourth-order valence-corrected chi connectivity index (χ4v) is 16.4. The highest BCUT2D eigenvalue weighted by Gasteiger charge is 2.41. The van der Waals surface area contributed by atoms with E-state index in [-0.39, 0.29) is 0 Å². The zero-order valence-electron chi connectivity index (χ0n) is 36.9. The van der Waals surface area contributed by atoms with Crippen LogP contribution in [-0.2, 0) is 0 Å². The van der Waals surface area contributed by atoms with Crippen molar-refractivity contribution in [3.05, 3.63) is 249 Å². The number of rotatable bonds is 8. The van der Waals surface area contributed by atoms with Crippen LogP contribution in [0.4, 0.5) is 0 Å².